The number of rotatable bonds is 5. The largest absolute Gasteiger partial charge is 0.545 e. The molecule has 1 aromatic heterocycles. The van der Waals surface area contributed by atoms with Gasteiger partial charge in [-0.1, -0.05) is 36.4 Å². The van der Waals surface area contributed by atoms with E-state index in [1.54, 1.807) is 34.9 Å². The molecule has 0 aliphatic carbocycles. The van der Waals surface area contributed by atoms with Crippen LogP contribution in [0.3, 0.4) is 0 Å². The van der Waals surface area contributed by atoms with E-state index in [0.717, 1.165) is 0 Å². The van der Waals surface area contributed by atoms with E-state index >= 15 is 0 Å². The van der Waals surface area contributed by atoms with E-state index in [4.69, 9.17) is 0 Å². The van der Waals surface area contributed by atoms with E-state index in [9.17, 15) is 24.6 Å². The number of benzene rings is 2. The third-order valence-corrected chi connectivity index (χ3v) is 4.04. The maximum Gasteiger partial charge on any atom is 0.353 e. The molecule has 2 N–H and O–H groups in total. The van der Waals surface area contributed by atoms with Gasteiger partial charge in [-0.15, -0.1) is 16.8 Å². The standard InChI is InChI=1S/C20H16N4O5/c1-2-11-24-15-6-4-3-5-14(15)16(19(24)27)22-23-18(26)17(25)21-13-9-7-12(8-10-13)20(28)29/h2-10,27H,1,11H2,(H,21,25)(H,28,29)/p-1. The summed E-state index contributed by atoms with van der Waals surface area (Å²) in [5, 5.41) is 31.1. The first kappa shape index (κ1) is 19.5. The summed E-state index contributed by atoms with van der Waals surface area (Å²) >= 11 is 0. The molecule has 0 fully saturated rings. The Morgan fingerprint density at radius 3 is 2.48 bits per heavy atom. The molecule has 0 saturated heterocycles. The zero-order valence-corrected chi connectivity index (χ0v) is 15.0. The molecular formula is C20H15N4O5-. The Kier molecular flexibility index (Phi) is 5.49. The number of aromatic nitrogens is 1. The van der Waals surface area contributed by atoms with Crippen LogP contribution in [-0.2, 0) is 16.1 Å². The van der Waals surface area contributed by atoms with Crippen molar-refractivity contribution < 1.29 is 24.6 Å². The molecule has 3 aromatic rings. The molecular weight excluding hydrogens is 376 g/mol. The molecule has 2 amide bonds. The van der Waals surface area contributed by atoms with Gasteiger partial charge in [0.15, 0.2) is 5.69 Å². The van der Waals surface area contributed by atoms with E-state index in [1.807, 2.05) is 0 Å². The number of aromatic carboxylic acids is 1. The number of amides is 2. The van der Waals surface area contributed by atoms with Crippen LogP contribution in [0.25, 0.3) is 10.9 Å². The number of carbonyl (C=O) groups excluding carboxylic acids is 3. The van der Waals surface area contributed by atoms with Gasteiger partial charge in [0.05, 0.1) is 11.5 Å². The number of carbonyl (C=O) groups is 3. The molecule has 9 heteroatoms. The van der Waals surface area contributed by atoms with Gasteiger partial charge in [-0.05, 0) is 23.8 Å². The summed E-state index contributed by atoms with van der Waals surface area (Å²) in [6, 6.07) is 12.1. The highest BCUT2D eigenvalue weighted by Gasteiger charge is 2.18. The lowest BCUT2D eigenvalue weighted by Crippen LogP contribution is -2.23. The number of anilines is 1. The molecule has 146 valence electrons. The summed E-state index contributed by atoms with van der Waals surface area (Å²) in [7, 11) is 0. The van der Waals surface area contributed by atoms with Crippen LogP contribution in [0.15, 0.2) is 71.4 Å². The first-order chi connectivity index (χ1) is 13.9. The highest BCUT2D eigenvalue weighted by Crippen LogP contribution is 2.38. The second-order valence-corrected chi connectivity index (χ2v) is 5.91. The normalized spacial score (nSPS) is 10.9. The molecule has 0 radical (unpaired) electrons. The Bertz CT molecular complexity index is 1150. The van der Waals surface area contributed by atoms with Crippen LogP contribution in [0.2, 0.25) is 0 Å². The first-order valence-corrected chi connectivity index (χ1v) is 8.42. The first-order valence-electron chi connectivity index (χ1n) is 8.42. The maximum absolute atomic E-state index is 12.0. The summed E-state index contributed by atoms with van der Waals surface area (Å²) in [6.45, 7) is 3.95. The summed E-state index contributed by atoms with van der Waals surface area (Å²) < 4.78 is 1.54. The zero-order valence-electron chi connectivity index (χ0n) is 15.0. The molecule has 0 aliphatic heterocycles. The predicted molar refractivity (Wildman–Crippen MR) is 103 cm³/mol. The van der Waals surface area contributed by atoms with Crippen molar-refractivity contribution in [3.05, 3.63) is 66.7 Å². The number of allylic oxidation sites excluding steroid dienone is 1. The molecule has 1 heterocycles. The second-order valence-electron chi connectivity index (χ2n) is 5.91. The number of carboxylic acid groups (broad SMARTS) is 1. The number of hydrogen-bond donors (Lipinski definition) is 2. The van der Waals surface area contributed by atoms with Crippen LogP contribution < -0.4 is 10.4 Å². The summed E-state index contributed by atoms with van der Waals surface area (Å²) in [5.74, 6) is -3.82. The van der Waals surface area contributed by atoms with Crippen molar-refractivity contribution in [1.29, 1.82) is 0 Å². The van der Waals surface area contributed by atoms with Crippen LogP contribution in [0.4, 0.5) is 11.4 Å². The number of carboxylic acids is 1. The Morgan fingerprint density at radius 1 is 1.14 bits per heavy atom. The number of fused-ring (bicyclic) bond motifs is 1. The van der Waals surface area contributed by atoms with Crippen molar-refractivity contribution in [1.82, 2.24) is 4.57 Å². The molecule has 0 atom stereocenters. The minimum atomic E-state index is -1.36. The number of nitrogens with one attached hydrogen (secondary N) is 1. The van der Waals surface area contributed by atoms with Crippen molar-refractivity contribution >= 4 is 40.1 Å². The average molecular weight is 391 g/mol. The van der Waals surface area contributed by atoms with Gasteiger partial charge in [-0.3, -0.25) is 9.59 Å². The van der Waals surface area contributed by atoms with Crippen LogP contribution in [0.1, 0.15) is 10.4 Å². The molecule has 9 nitrogen and oxygen atoms in total. The summed E-state index contributed by atoms with van der Waals surface area (Å²) in [5.41, 5.74) is 0.861. The fraction of sp³-hybridized carbons (Fsp3) is 0.0500. The van der Waals surface area contributed by atoms with Crippen molar-refractivity contribution in [2.24, 2.45) is 10.2 Å². The van der Waals surface area contributed by atoms with Gasteiger partial charge in [-0.2, -0.15) is 0 Å². The lowest BCUT2D eigenvalue weighted by molar-refractivity contribution is -0.255. The molecule has 3 rings (SSSR count). The van der Waals surface area contributed by atoms with Gasteiger partial charge in [0.25, 0.3) is 0 Å². The molecule has 29 heavy (non-hydrogen) atoms. The average Bonchev–Trinajstić information content (AvgIpc) is 2.98. The summed E-state index contributed by atoms with van der Waals surface area (Å²) in [6.07, 6.45) is 1.59. The van der Waals surface area contributed by atoms with Gasteiger partial charge in [-0.25, -0.2) is 0 Å². The molecule has 0 bridgehead atoms. The van der Waals surface area contributed by atoms with Crippen LogP contribution in [0.5, 0.6) is 5.88 Å². The predicted octanol–water partition coefficient (Wildman–Crippen LogP) is 2.15. The lowest BCUT2D eigenvalue weighted by atomic mass is 10.2. The molecule has 0 aliphatic rings. The highest BCUT2D eigenvalue weighted by atomic mass is 16.4. The minimum Gasteiger partial charge on any atom is -0.545 e. The topological polar surface area (TPSA) is 136 Å². The molecule has 2 aromatic carbocycles. The Morgan fingerprint density at radius 2 is 1.83 bits per heavy atom. The minimum absolute atomic E-state index is 0.0573. The number of para-hydroxylation sites is 1. The zero-order chi connectivity index (χ0) is 21.0. The van der Waals surface area contributed by atoms with Gasteiger partial charge in [0, 0.05) is 17.6 Å². The van der Waals surface area contributed by atoms with E-state index in [0.29, 0.717) is 17.4 Å². The van der Waals surface area contributed by atoms with Crippen LogP contribution in [0, 0.1) is 0 Å². The monoisotopic (exact) mass is 391 g/mol. The molecule has 0 unspecified atom stereocenters. The van der Waals surface area contributed by atoms with Crippen molar-refractivity contribution in [2.75, 3.05) is 5.32 Å². The Hall–Kier alpha value is -4.27. The second kappa shape index (κ2) is 8.17. The van der Waals surface area contributed by atoms with Crippen molar-refractivity contribution in [3.63, 3.8) is 0 Å². The van der Waals surface area contributed by atoms with Gasteiger partial charge < -0.3 is 24.9 Å². The molecule has 0 spiro atoms. The van der Waals surface area contributed by atoms with Gasteiger partial charge in [0.1, 0.15) is 0 Å². The highest BCUT2D eigenvalue weighted by molar-refractivity contribution is 6.40. The van der Waals surface area contributed by atoms with Crippen molar-refractivity contribution in [3.8, 4) is 5.88 Å². The van der Waals surface area contributed by atoms with Gasteiger partial charge in [0.2, 0.25) is 5.88 Å². The van der Waals surface area contributed by atoms with Crippen molar-refractivity contribution in [2.45, 2.75) is 6.54 Å². The number of hydrogen-bond acceptors (Lipinski definition) is 6. The Labute approximate surface area is 164 Å². The maximum atomic E-state index is 12.0. The van der Waals surface area contributed by atoms with E-state index in [-0.39, 0.29) is 22.8 Å². The number of aromatic hydroxyl groups is 1. The SMILES string of the molecule is C=CCn1c(O)c(N=NC(=O)C(=O)Nc2ccc(C(=O)[O-])cc2)c2ccccc21. The number of nitrogens with zero attached hydrogens (tertiary/aromatic N) is 3. The smallest absolute Gasteiger partial charge is 0.353 e. The summed E-state index contributed by atoms with van der Waals surface area (Å²) in [4.78, 5) is 34.7. The fourth-order valence-electron chi connectivity index (χ4n) is 2.70. The Balaban J connectivity index is 1.80. The fourth-order valence-corrected chi connectivity index (χ4v) is 2.70. The van der Waals surface area contributed by atoms with E-state index in [2.05, 4.69) is 22.1 Å². The third-order valence-electron chi connectivity index (χ3n) is 4.04. The van der Waals surface area contributed by atoms with E-state index in [1.165, 1.54) is 24.3 Å². The lowest BCUT2D eigenvalue weighted by Gasteiger charge is -2.05. The molecule has 0 saturated carbocycles. The van der Waals surface area contributed by atoms with Crippen LogP contribution in [-0.4, -0.2) is 27.5 Å². The van der Waals surface area contributed by atoms with Crippen LogP contribution >= 0.6 is 0 Å². The van der Waals surface area contributed by atoms with E-state index < -0.39 is 17.8 Å². The quantitative estimate of drug-likeness (QED) is 0.390. The third kappa shape index (κ3) is 4.03. The number of azo groups is 1. The van der Waals surface area contributed by atoms with Gasteiger partial charge >= 0.3 is 11.8 Å².